The summed E-state index contributed by atoms with van der Waals surface area (Å²) in [6.07, 6.45) is 1.86. The molecule has 5 nitrogen and oxygen atoms in total. The minimum atomic E-state index is -0.408. The molecule has 3 aromatic rings. The molecule has 1 fully saturated rings. The summed E-state index contributed by atoms with van der Waals surface area (Å²) in [5.41, 5.74) is 3.31. The van der Waals surface area contributed by atoms with Gasteiger partial charge in [0.2, 0.25) is 5.91 Å². The van der Waals surface area contributed by atoms with Crippen LogP contribution in [0.1, 0.15) is 34.3 Å². The van der Waals surface area contributed by atoms with E-state index in [-0.39, 0.29) is 11.8 Å². The van der Waals surface area contributed by atoms with Crippen molar-refractivity contribution in [1.29, 1.82) is 0 Å². The van der Waals surface area contributed by atoms with Crippen LogP contribution in [0.15, 0.2) is 60.7 Å². The van der Waals surface area contributed by atoms with Crippen LogP contribution < -0.4 is 5.32 Å². The van der Waals surface area contributed by atoms with Gasteiger partial charge in [-0.05, 0) is 60.3 Å². The average Bonchev–Trinajstić information content (AvgIpc) is 2.80. The third-order valence-electron chi connectivity index (χ3n) is 6.07. The maximum Gasteiger partial charge on any atom is 0.337 e. The largest absolute Gasteiger partial charge is 0.465 e. The summed E-state index contributed by atoms with van der Waals surface area (Å²) >= 11 is 0. The maximum atomic E-state index is 13.0. The molecular formula is C26H28N2O3. The van der Waals surface area contributed by atoms with Crippen LogP contribution in [0, 0.1) is 12.8 Å². The number of carbonyl (C=O) groups is 2. The third kappa shape index (κ3) is 4.78. The van der Waals surface area contributed by atoms with Crippen LogP contribution in [-0.2, 0) is 16.1 Å². The Balaban J connectivity index is 1.45. The van der Waals surface area contributed by atoms with E-state index < -0.39 is 5.97 Å². The number of rotatable bonds is 5. The van der Waals surface area contributed by atoms with Crippen molar-refractivity contribution < 1.29 is 14.3 Å². The van der Waals surface area contributed by atoms with E-state index in [0.29, 0.717) is 11.3 Å². The summed E-state index contributed by atoms with van der Waals surface area (Å²) < 4.78 is 4.80. The van der Waals surface area contributed by atoms with Gasteiger partial charge in [-0.1, -0.05) is 48.5 Å². The van der Waals surface area contributed by atoms with Crippen LogP contribution >= 0.6 is 0 Å². The summed E-state index contributed by atoms with van der Waals surface area (Å²) in [4.78, 5) is 27.2. The first kappa shape index (κ1) is 21.1. The number of carbonyl (C=O) groups excluding carboxylic acids is 2. The minimum absolute atomic E-state index is 0.00716. The fourth-order valence-corrected chi connectivity index (χ4v) is 4.32. The molecule has 0 aliphatic carbocycles. The van der Waals surface area contributed by atoms with Gasteiger partial charge in [-0.3, -0.25) is 9.69 Å². The van der Waals surface area contributed by atoms with Crippen LogP contribution in [-0.4, -0.2) is 37.0 Å². The van der Waals surface area contributed by atoms with Crippen molar-refractivity contribution in [3.05, 3.63) is 77.4 Å². The second kappa shape index (κ2) is 9.31. The second-order valence-corrected chi connectivity index (χ2v) is 8.22. The molecule has 5 heteroatoms. The van der Waals surface area contributed by atoms with Crippen molar-refractivity contribution in [3.63, 3.8) is 0 Å². The van der Waals surface area contributed by atoms with E-state index in [2.05, 4.69) is 52.7 Å². The minimum Gasteiger partial charge on any atom is -0.465 e. The van der Waals surface area contributed by atoms with E-state index in [1.165, 1.54) is 23.4 Å². The van der Waals surface area contributed by atoms with E-state index in [1.807, 2.05) is 13.0 Å². The summed E-state index contributed by atoms with van der Waals surface area (Å²) in [6.45, 7) is 4.47. The van der Waals surface area contributed by atoms with Crippen molar-refractivity contribution in [2.45, 2.75) is 26.3 Å². The summed E-state index contributed by atoms with van der Waals surface area (Å²) in [5.74, 6) is -0.480. The van der Waals surface area contributed by atoms with Gasteiger partial charge in [-0.2, -0.15) is 0 Å². The molecule has 0 saturated carbocycles. The van der Waals surface area contributed by atoms with Gasteiger partial charge in [0.1, 0.15) is 0 Å². The molecule has 0 aromatic heterocycles. The van der Waals surface area contributed by atoms with Gasteiger partial charge in [0, 0.05) is 18.8 Å². The van der Waals surface area contributed by atoms with Gasteiger partial charge in [0.25, 0.3) is 0 Å². The molecule has 1 saturated heterocycles. The first-order valence-corrected chi connectivity index (χ1v) is 10.7. The number of amides is 1. The highest BCUT2D eigenvalue weighted by Crippen LogP contribution is 2.25. The fraction of sp³-hybridized carbons (Fsp3) is 0.308. The lowest BCUT2D eigenvalue weighted by molar-refractivity contribution is -0.121. The average molecular weight is 417 g/mol. The number of anilines is 1. The predicted octanol–water partition coefficient (Wildman–Crippen LogP) is 4.79. The molecular weight excluding hydrogens is 388 g/mol. The van der Waals surface area contributed by atoms with E-state index in [9.17, 15) is 9.59 Å². The van der Waals surface area contributed by atoms with E-state index in [0.717, 1.165) is 38.0 Å². The van der Waals surface area contributed by atoms with E-state index >= 15 is 0 Å². The Kier molecular flexibility index (Phi) is 6.33. The number of hydrogen-bond acceptors (Lipinski definition) is 4. The fourth-order valence-electron chi connectivity index (χ4n) is 4.32. The van der Waals surface area contributed by atoms with Gasteiger partial charge >= 0.3 is 5.97 Å². The molecule has 1 amide bonds. The number of fused-ring (bicyclic) bond motifs is 1. The number of nitrogens with zero attached hydrogens (tertiary/aromatic N) is 1. The number of aryl methyl sites for hydroxylation is 1. The predicted molar refractivity (Wildman–Crippen MR) is 123 cm³/mol. The Morgan fingerprint density at radius 3 is 2.74 bits per heavy atom. The van der Waals surface area contributed by atoms with Gasteiger partial charge < -0.3 is 10.1 Å². The molecule has 0 spiro atoms. The lowest BCUT2D eigenvalue weighted by Crippen LogP contribution is -2.40. The van der Waals surface area contributed by atoms with E-state index in [4.69, 9.17) is 4.74 Å². The lowest BCUT2D eigenvalue weighted by Gasteiger charge is -2.32. The highest BCUT2D eigenvalue weighted by atomic mass is 16.5. The monoisotopic (exact) mass is 416 g/mol. The van der Waals surface area contributed by atoms with Gasteiger partial charge in [-0.15, -0.1) is 0 Å². The quantitative estimate of drug-likeness (QED) is 0.608. The molecule has 1 heterocycles. The Bertz CT molecular complexity index is 1100. The Morgan fingerprint density at radius 1 is 1.10 bits per heavy atom. The number of piperidine rings is 1. The molecule has 4 rings (SSSR count). The molecule has 3 aromatic carbocycles. The first-order valence-electron chi connectivity index (χ1n) is 10.7. The standard InChI is InChI=1S/C26H28N2O3/c1-18-12-13-20(26(30)31-2)15-24(18)27-25(29)22-10-6-14-28(17-22)16-21-9-5-8-19-7-3-4-11-23(19)21/h3-5,7-9,11-13,15,22H,6,10,14,16-17H2,1-2H3,(H,27,29). The lowest BCUT2D eigenvalue weighted by atomic mass is 9.95. The molecule has 1 aliphatic rings. The number of hydrogen-bond donors (Lipinski definition) is 1. The molecule has 31 heavy (non-hydrogen) atoms. The van der Waals surface area contributed by atoms with Crippen molar-refractivity contribution in [1.82, 2.24) is 4.90 Å². The SMILES string of the molecule is COC(=O)c1ccc(C)c(NC(=O)C2CCCN(Cc3cccc4ccccc34)C2)c1. The van der Waals surface area contributed by atoms with Crippen LogP contribution in [0.2, 0.25) is 0 Å². The molecule has 0 radical (unpaired) electrons. The molecule has 1 aliphatic heterocycles. The number of esters is 1. The number of nitrogens with one attached hydrogen (secondary N) is 1. The molecule has 0 bridgehead atoms. The second-order valence-electron chi connectivity index (χ2n) is 8.22. The highest BCUT2D eigenvalue weighted by Gasteiger charge is 2.26. The number of likely N-dealkylation sites (tertiary alicyclic amines) is 1. The van der Waals surface area contributed by atoms with Crippen LogP contribution in [0.5, 0.6) is 0 Å². The Hall–Kier alpha value is -3.18. The van der Waals surface area contributed by atoms with Crippen LogP contribution in [0.25, 0.3) is 10.8 Å². The molecule has 160 valence electrons. The molecule has 1 N–H and O–H groups in total. The highest BCUT2D eigenvalue weighted by molar-refractivity contribution is 5.96. The third-order valence-corrected chi connectivity index (χ3v) is 6.07. The van der Waals surface area contributed by atoms with Crippen molar-refractivity contribution in [2.75, 3.05) is 25.5 Å². The first-order chi connectivity index (χ1) is 15.0. The summed E-state index contributed by atoms with van der Waals surface area (Å²) in [5, 5.41) is 5.55. The van der Waals surface area contributed by atoms with Crippen molar-refractivity contribution in [2.24, 2.45) is 5.92 Å². The zero-order chi connectivity index (χ0) is 21.8. The smallest absolute Gasteiger partial charge is 0.337 e. The number of ether oxygens (including phenoxy) is 1. The van der Waals surface area contributed by atoms with Gasteiger partial charge in [0.15, 0.2) is 0 Å². The Morgan fingerprint density at radius 2 is 1.90 bits per heavy atom. The zero-order valence-electron chi connectivity index (χ0n) is 18.1. The van der Waals surface area contributed by atoms with Crippen molar-refractivity contribution >= 4 is 28.3 Å². The molecule has 1 unspecified atom stereocenters. The van der Waals surface area contributed by atoms with Crippen LogP contribution in [0.4, 0.5) is 5.69 Å². The van der Waals surface area contributed by atoms with E-state index in [1.54, 1.807) is 12.1 Å². The van der Waals surface area contributed by atoms with Crippen LogP contribution in [0.3, 0.4) is 0 Å². The Labute approximate surface area is 183 Å². The van der Waals surface area contributed by atoms with Gasteiger partial charge in [0.05, 0.1) is 18.6 Å². The maximum absolute atomic E-state index is 13.0. The summed E-state index contributed by atoms with van der Waals surface area (Å²) in [7, 11) is 1.35. The number of benzene rings is 3. The molecule has 1 atom stereocenters. The topological polar surface area (TPSA) is 58.6 Å². The number of methoxy groups -OCH3 is 1. The van der Waals surface area contributed by atoms with Gasteiger partial charge in [-0.25, -0.2) is 4.79 Å². The normalized spacial score (nSPS) is 16.8. The van der Waals surface area contributed by atoms with Crippen molar-refractivity contribution in [3.8, 4) is 0 Å². The zero-order valence-corrected chi connectivity index (χ0v) is 18.1. The summed E-state index contributed by atoms with van der Waals surface area (Å²) in [6, 6.07) is 20.1.